The highest BCUT2D eigenvalue weighted by atomic mass is 19.4. The van der Waals surface area contributed by atoms with Crippen LogP contribution in [0.2, 0.25) is 0 Å². The Morgan fingerprint density at radius 2 is 1.70 bits per heavy atom. The van der Waals surface area contributed by atoms with Crippen molar-refractivity contribution in [1.82, 2.24) is 4.98 Å². The SMILES string of the molecule is Cc1cnc(Oc2ccc(NC(=O)c3c(C)ccc(F)c3F)cc2)c(C(F)(F)F)c1. The average Bonchev–Trinajstić information content (AvgIpc) is 2.67. The van der Waals surface area contributed by atoms with E-state index in [1.54, 1.807) is 0 Å². The van der Waals surface area contributed by atoms with E-state index in [0.717, 1.165) is 12.1 Å². The second-order valence-electron chi connectivity index (χ2n) is 6.50. The number of amides is 1. The Labute approximate surface area is 168 Å². The van der Waals surface area contributed by atoms with E-state index in [1.807, 2.05) is 0 Å². The van der Waals surface area contributed by atoms with Crippen LogP contribution in [0.3, 0.4) is 0 Å². The topological polar surface area (TPSA) is 51.2 Å². The molecule has 0 aliphatic rings. The van der Waals surface area contributed by atoms with Crippen LogP contribution in [0.1, 0.15) is 27.0 Å². The Balaban J connectivity index is 1.79. The number of halogens is 5. The Morgan fingerprint density at radius 1 is 1.03 bits per heavy atom. The predicted molar refractivity (Wildman–Crippen MR) is 99.5 cm³/mol. The number of aryl methyl sites for hydroxylation is 2. The number of carbonyl (C=O) groups excluding carboxylic acids is 1. The third-order valence-corrected chi connectivity index (χ3v) is 4.15. The molecular formula is C21H15F5N2O2. The van der Waals surface area contributed by atoms with Gasteiger partial charge >= 0.3 is 6.18 Å². The highest BCUT2D eigenvalue weighted by molar-refractivity contribution is 6.05. The first-order valence-electron chi connectivity index (χ1n) is 8.64. The Kier molecular flexibility index (Phi) is 5.73. The summed E-state index contributed by atoms with van der Waals surface area (Å²) in [6.45, 7) is 2.94. The minimum Gasteiger partial charge on any atom is -0.438 e. The molecule has 1 N–H and O–H groups in total. The van der Waals surface area contributed by atoms with Gasteiger partial charge in [0.25, 0.3) is 5.91 Å². The van der Waals surface area contributed by atoms with Gasteiger partial charge in [-0.15, -0.1) is 0 Å². The van der Waals surface area contributed by atoms with Gasteiger partial charge in [0.05, 0.1) is 5.56 Å². The first kappa shape index (κ1) is 21.2. The van der Waals surface area contributed by atoms with Crippen LogP contribution >= 0.6 is 0 Å². The summed E-state index contributed by atoms with van der Waals surface area (Å²) >= 11 is 0. The van der Waals surface area contributed by atoms with Crippen molar-refractivity contribution < 1.29 is 31.5 Å². The molecule has 4 nitrogen and oxygen atoms in total. The van der Waals surface area contributed by atoms with E-state index in [1.165, 1.54) is 50.4 Å². The molecule has 0 aliphatic heterocycles. The molecule has 0 saturated carbocycles. The van der Waals surface area contributed by atoms with E-state index in [0.29, 0.717) is 5.56 Å². The molecule has 0 fully saturated rings. The Morgan fingerprint density at radius 3 is 2.33 bits per heavy atom. The highest BCUT2D eigenvalue weighted by Crippen LogP contribution is 2.37. The fourth-order valence-corrected chi connectivity index (χ4v) is 2.68. The monoisotopic (exact) mass is 422 g/mol. The van der Waals surface area contributed by atoms with Gasteiger partial charge in [-0.3, -0.25) is 4.79 Å². The third kappa shape index (κ3) is 4.56. The van der Waals surface area contributed by atoms with Gasteiger partial charge in [0.2, 0.25) is 5.88 Å². The van der Waals surface area contributed by atoms with Crippen molar-refractivity contribution in [3.05, 3.63) is 82.5 Å². The minimum atomic E-state index is -4.64. The zero-order chi connectivity index (χ0) is 22.1. The van der Waals surface area contributed by atoms with Crippen molar-refractivity contribution in [2.75, 3.05) is 5.32 Å². The first-order valence-corrected chi connectivity index (χ1v) is 8.64. The van der Waals surface area contributed by atoms with Crippen molar-refractivity contribution in [3.8, 4) is 11.6 Å². The number of hydrogen-bond donors (Lipinski definition) is 1. The van der Waals surface area contributed by atoms with Crippen molar-refractivity contribution in [2.45, 2.75) is 20.0 Å². The summed E-state index contributed by atoms with van der Waals surface area (Å²) in [6, 6.07) is 8.44. The smallest absolute Gasteiger partial charge is 0.421 e. The molecule has 0 radical (unpaired) electrons. The van der Waals surface area contributed by atoms with Gasteiger partial charge in [0.1, 0.15) is 11.3 Å². The molecule has 0 atom stereocenters. The van der Waals surface area contributed by atoms with Crippen LogP contribution in [0.5, 0.6) is 11.6 Å². The highest BCUT2D eigenvalue weighted by Gasteiger charge is 2.35. The van der Waals surface area contributed by atoms with Gasteiger partial charge < -0.3 is 10.1 Å². The maximum absolute atomic E-state index is 13.9. The quantitative estimate of drug-likeness (QED) is 0.522. The number of benzene rings is 2. The van der Waals surface area contributed by atoms with Crippen molar-refractivity contribution >= 4 is 11.6 Å². The maximum Gasteiger partial charge on any atom is 0.421 e. The predicted octanol–water partition coefficient (Wildman–Crippen LogP) is 6.04. The number of nitrogens with one attached hydrogen (secondary N) is 1. The first-order chi connectivity index (χ1) is 14.1. The van der Waals surface area contributed by atoms with Crippen LogP contribution in [0, 0.1) is 25.5 Å². The van der Waals surface area contributed by atoms with Gasteiger partial charge in [-0.2, -0.15) is 13.2 Å². The molecule has 1 heterocycles. The van der Waals surface area contributed by atoms with Gasteiger partial charge in [-0.1, -0.05) is 6.07 Å². The van der Waals surface area contributed by atoms with Crippen LogP contribution < -0.4 is 10.1 Å². The second-order valence-corrected chi connectivity index (χ2v) is 6.50. The summed E-state index contributed by atoms with van der Waals surface area (Å²) in [5, 5.41) is 2.40. The second kappa shape index (κ2) is 8.10. The summed E-state index contributed by atoms with van der Waals surface area (Å²) < 4.78 is 72.1. The van der Waals surface area contributed by atoms with Crippen molar-refractivity contribution in [2.24, 2.45) is 0 Å². The molecular weight excluding hydrogens is 407 g/mol. The van der Waals surface area contributed by atoms with Crippen LogP contribution in [0.15, 0.2) is 48.7 Å². The molecule has 0 bridgehead atoms. The molecule has 3 rings (SSSR count). The lowest BCUT2D eigenvalue weighted by Crippen LogP contribution is -2.16. The van der Waals surface area contributed by atoms with E-state index in [4.69, 9.17) is 4.74 Å². The third-order valence-electron chi connectivity index (χ3n) is 4.15. The van der Waals surface area contributed by atoms with E-state index in [-0.39, 0.29) is 17.0 Å². The maximum atomic E-state index is 13.9. The molecule has 2 aromatic carbocycles. The van der Waals surface area contributed by atoms with Crippen molar-refractivity contribution in [3.63, 3.8) is 0 Å². The zero-order valence-electron chi connectivity index (χ0n) is 15.8. The van der Waals surface area contributed by atoms with Gasteiger partial charge in [-0.05, 0) is 61.4 Å². The standard InChI is InChI=1S/C21H15F5N2O2/c1-11-9-15(21(24,25)26)20(27-10-11)30-14-6-4-13(5-7-14)28-19(29)17-12(2)3-8-16(22)18(17)23/h3-10H,1-2H3,(H,28,29). The molecule has 0 spiro atoms. The summed E-state index contributed by atoms with van der Waals surface area (Å²) in [5.41, 5.74) is -0.668. The molecule has 0 aliphatic carbocycles. The zero-order valence-corrected chi connectivity index (χ0v) is 15.8. The van der Waals surface area contributed by atoms with E-state index in [9.17, 15) is 26.7 Å². The largest absolute Gasteiger partial charge is 0.438 e. The molecule has 3 aromatic rings. The summed E-state index contributed by atoms with van der Waals surface area (Å²) in [7, 11) is 0. The number of aromatic nitrogens is 1. The molecule has 156 valence electrons. The van der Waals surface area contributed by atoms with Crippen LogP contribution in [-0.2, 0) is 6.18 Å². The lowest BCUT2D eigenvalue weighted by atomic mass is 10.1. The molecule has 0 saturated heterocycles. The number of rotatable bonds is 4. The molecule has 9 heteroatoms. The van der Waals surface area contributed by atoms with Crippen LogP contribution in [-0.4, -0.2) is 10.9 Å². The van der Waals surface area contributed by atoms with E-state index in [2.05, 4.69) is 10.3 Å². The number of alkyl halides is 3. The van der Waals surface area contributed by atoms with Crippen LogP contribution in [0.4, 0.5) is 27.6 Å². The lowest BCUT2D eigenvalue weighted by molar-refractivity contribution is -0.138. The minimum absolute atomic E-state index is 0.0444. The molecule has 0 unspecified atom stereocenters. The number of anilines is 1. The number of pyridine rings is 1. The molecule has 1 amide bonds. The van der Waals surface area contributed by atoms with E-state index < -0.39 is 40.7 Å². The summed E-state index contributed by atoms with van der Waals surface area (Å²) in [5.74, 6) is -3.85. The number of nitrogens with zero attached hydrogens (tertiary/aromatic N) is 1. The lowest BCUT2D eigenvalue weighted by Gasteiger charge is -2.14. The van der Waals surface area contributed by atoms with Crippen LogP contribution in [0.25, 0.3) is 0 Å². The van der Waals surface area contributed by atoms with Gasteiger partial charge in [0, 0.05) is 11.9 Å². The van der Waals surface area contributed by atoms with Gasteiger partial charge in [0.15, 0.2) is 11.6 Å². The number of hydrogen-bond acceptors (Lipinski definition) is 3. The normalized spacial score (nSPS) is 11.3. The number of carbonyl (C=O) groups is 1. The fourth-order valence-electron chi connectivity index (χ4n) is 2.68. The Bertz CT molecular complexity index is 1100. The van der Waals surface area contributed by atoms with Gasteiger partial charge in [-0.25, -0.2) is 13.8 Å². The Hall–Kier alpha value is -3.49. The molecule has 30 heavy (non-hydrogen) atoms. The fraction of sp³-hybridized carbons (Fsp3) is 0.143. The average molecular weight is 422 g/mol. The van der Waals surface area contributed by atoms with E-state index >= 15 is 0 Å². The number of ether oxygens (including phenoxy) is 1. The summed E-state index contributed by atoms with van der Waals surface area (Å²) in [4.78, 5) is 16.0. The van der Waals surface area contributed by atoms with Crippen molar-refractivity contribution in [1.29, 1.82) is 0 Å². The molecule has 1 aromatic heterocycles. The summed E-state index contributed by atoms with van der Waals surface area (Å²) in [6.07, 6.45) is -3.40.